The predicted molar refractivity (Wildman–Crippen MR) is 77.2 cm³/mol. The molecule has 0 aliphatic heterocycles. The lowest BCUT2D eigenvalue weighted by Gasteiger charge is -2.17. The van der Waals surface area contributed by atoms with Crippen molar-refractivity contribution in [2.45, 2.75) is 6.54 Å². The maximum Gasteiger partial charge on any atom is 0.253 e. The van der Waals surface area contributed by atoms with Crippen molar-refractivity contribution in [2.24, 2.45) is 5.73 Å². The standard InChI is InChI=1S/C16H15FN2O2/c1-19(10-13-4-2-3-5-14(13)17)16(21)12-8-6-11(7-9-12)15(18)20/h2-9H,10H2,1H3,(H2,18,20). The molecule has 0 spiro atoms. The van der Waals surface area contributed by atoms with E-state index in [1.54, 1.807) is 25.2 Å². The van der Waals surface area contributed by atoms with Crippen molar-refractivity contribution in [3.05, 3.63) is 71.0 Å². The van der Waals surface area contributed by atoms with Crippen molar-refractivity contribution in [3.63, 3.8) is 0 Å². The van der Waals surface area contributed by atoms with Gasteiger partial charge in [0.25, 0.3) is 5.91 Å². The molecule has 21 heavy (non-hydrogen) atoms. The molecule has 0 atom stereocenters. The first kappa shape index (κ1) is 14.7. The highest BCUT2D eigenvalue weighted by Gasteiger charge is 2.14. The molecule has 0 bridgehead atoms. The van der Waals surface area contributed by atoms with E-state index in [4.69, 9.17) is 5.73 Å². The maximum atomic E-state index is 13.6. The van der Waals surface area contributed by atoms with Crippen LogP contribution in [-0.2, 0) is 6.54 Å². The van der Waals surface area contributed by atoms with Crippen LogP contribution in [0.25, 0.3) is 0 Å². The van der Waals surface area contributed by atoms with E-state index >= 15 is 0 Å². The molecule has 2 aromatic rings. The van der Waals surface area contributed by atoms with Gasteiger partial charge in [0.15, 0.2) is 0 Å². The van der Waals surface area contributed by atoms with E-state index in [1.807, 2.05) is 0 Å². The lowest BCUT2D eigenvalue weighted by atomic mass is 10.1. The number of halogens is 1. The number of hydrogen-bond acceptors (Lipinski definition) is 2. The summed E-state index contributed by atoms with van der Waals surface area (Å²) in [5, 5.41) is 0. The summed E-state index contributed by atoms with van der Waals surface area (Å²) < 4.78 is 13.6. The molecule has 0 saturated carbocycles. The molecule has 108 valence electrons. The molecule has 2 aromatic carbocycles. The van der Waals surface area contributed by atoms with Crippen molar-refractivity contribution in [1.29, 1.82) is 0 Å². The lowest BCUT2D eigenvalue weighted by Crippen LogP contribution is -2.26. The number of carbonyl (C=O) groups is 2. The predicted octanol–water partition coefficient (Wildman–Crippen LogP) is 2.20. The second kappa shape index (κ2) is 6.17. The third kappa shape index (κ3) is 3.45. The van der Waals surface area contributed by atoms with Crippen molar-refractivity contribution in [1.82, 2.24) is 4.90 Å². The van der Waals surface area contributed by atoms with Gasteiger partial charge in [-0.25, -0.2) is 4.39 Å². The summed E-state index contributed by atoms with van der Waals surface area (Å²) in [5.74, 6) is -1.15. The minimum Gasteiger partial charge on any atom is -0.366 e. The van der Waals surface area contributed by atoms with E-state index in [2.05, 4.69) is 0 Å². The Bertz CT molecular complexity index is 668. The van der Waals surface area contributed by atoms with Crippen molar-refractivity contribution < 1.29 is 14.0 Å². The quantitative estimate of drug-likeness (QED) is 0.936. The van der Waals surface area contributed by atoms with Crippen LogP contribution in [0.15, 0.2) is 48.5 Å². The largest absolute Gasteiger partial charge is 0.366 e. The van der Waals surface area contributed by atoms with Gasteiger partial charge >= 0.3 is 0 Å². The Morgan fingerprint density at radius 1 is 1.05 bits per heavy atom. The van der Waals surface area contributed by atoms with Gasteiger partial charge in [-0.2, -0.15) is 0 Å². The molecule has 0 aromatic heterocycles. The first-order valence-electron chi connectivity index (χ1n) is 6.38. The Morgan fingerprint density at radius 3 is 2.19 bits per heavy atom. The van der Waals surface area contributed by atoms with Gasteiger partial charge in [-0.3, -0.25) is 9.59 Å². The number of nitrogens with zero attached hydrogens (tertiary/aromatic N) is 1. The fourth-order valence-corrected chi connectivity index (χ4v) is 1.95. The Hall–Kier alpha value is -2.69. The van der Waals surface area contributed by atoms with Gasteiger partial charge in [0.05, 0.1) is 0 Å². The van der Waals surface area contributed by atoms with Gasteiger partial charge in [0.2, 0.25) is 5.91 Å². The Labute approximate surface area is 122 Å². The summed E-state index contributed by atoms with van der Waals surface area (Å²) in [6.45, 7) is 0.170. The summed E-state index contributed by atoms with van der Waals surface area (Å²) in [7, 11) is 1.59. The molecule has 2 amide bonds. The molecule has 0 unspecified atom stereocenters. The van der Waals surface area contributed by atoms with Crippen LogP contribution in [0.1, 0.15) is 26.3 Å². The summed E-state index contributed by atoms with van der Waals surface area (Å²) >= 11 is 0. The van der Waals surface area contributed by atoms with Crippen LogP contribution in [0.2, 0.25) is 0 Å². The van der Waals surface area contributed by atoms with E-state index < -0.39 is 5.91 Å². The number of primary amides is 1. The second-order valence-electron chi connectivity index (χ2n) is 4.69. The molecule has 5 heteroatoms. The van der Waals surface area contributed by atoms with E-state index in [-0.39, 0.29) is 18.3 Å². The topological polar surface area (TPSA) is 63.4 Å². The van der Waals surface area contributed by atoms with Gasteiger partial charge < -0.3 is 10.6 Å². The molecule has 0 aliphatic rings. The third-order valence-corrected chi connectivity index (χ3v) is 3.13. The van der Waals surface area contributed by atoms with E-state index in [0.717, 1.165) is 0 Å². The van der Waals surface area contributed by atoms with Gasteiger partial charge in [0, 0.05) is 30.3 Å². The molecule has 0 heterocycles. The van der Waals surface area contributed by atoms with E-state index in [9.17, 15) is 14.0 Å². The second-order valence-corrected chi connectivity index (χ2v) is 4.69. The summed E-state index contributed by atoms with van der Waals surface area (Å²) in [5.41, 5.74) is 6.34. The number of amides is 2. The normalized spacial score (nSPS) is 10.2. The zero-order chi connectivity index (χ0) is 15.4. The maximum absolute atomic E-state index is 13.6. The van der Waals surface area contributed by atoms with Gasteiger partial charge in [-0.05, 0) is 30.3 Å². The molecular weight excluding hydrogens is 271 g/mol. The smallest absolute Gasteiger partial charge is 0.253 e. The minimum absolute atomic E-state index is 0.170. The summed E-state index contributed by atoms with van der Waals surface area (Å²) in [4.78, 5) is 24.6. The fraction of sp³-hybridized carbons (Fsp3) is 0.125. The van der Waals surface area contributed by atoms with Gasteiger partial charge in [0.1, 0.15) is 5.82 Å². The SMILES string of the molecule is CN(Cc1ccccc1F)C(=O)c1ccc(C(N)=O)cc1. The zero-order valence-electron chi connectivity index (χ0n) is 11.5. The highest BCUT2D eigenvalue weighted by Crippen LogP contribution is 2.12. The number of nitrogens with two attached hydrogens (primary N) is 1. The first-order chi connectivity index (χ1) is 9.99. The Kier molecular flexibility index (Phi) is 4.33. The molecule has 2 N–H and O–H groups in total. The number of rotatable bonds is 4. The van der Waals surface area contributed by atoms with Crippen molar-refractivity contribution in [3.8, 4) is 0 Å². The molecule has 4 nitrogen and oxygen atoms in total. The molecule has 2 rings (SSSR count). The van der Waals surface area contributed by atoms with Gasteiger partial charge in [-0.1, -0.05) is 18.2 Å². The van der Waals surface area contributed by atoms with E-state index in [0.29, 0.717) is 16.7 Å². The molecule has 0 aliphatic carbocycles. The van der Waals surface area contributed by atoms with Gasteiger partial charge in [-0.15, -0.1) is 0 Å². The minimum atomic E-state index is -0.547. The van der Waals surface area contributed by atoms with Crippen LogP contribution in [0.5, 0.6) is 0 Å². The van der Waals surface area contributed by atoms with Crippen LogP contribution >= 0.6 is 0 Å². The summed E-state index contributed by atoms with van der Waals surface area (Å²) in [6.07, 6.45) is 0. The van der Waals surface area contributed by atoms with E-state index in [1.165, 1.54) is 35.2 Å². The Balaban J connectivity index is 2.12. The molecular formula is C16H15FN2O2. The first-order valence-corrected chi connectivity index (χ1v) is 6.38. The van der Waals surface area contributed by atoms with Crippen LogP contribution in [0, 0.1) is 5.82 Å². The fourth-order valence-electron chi connectivity index (χ4n) is 1.95. The van der Waals surface area contributed by atoms with Crippen molar-refractivity contribution >= 4 is 11.8 Å². The molecule has 0 radical (unpaired) electrons. The van der Waals surface area contributed by atoms with Crippen LogP contribution in [-0.4, -0.2) is 23.8 Å². The van der Waals surface area contributed by atoms with Crippen molar-refractivity contribution in [2.75, 3.05) is 7.05 Å². The number of hydrogen-bond donors (Lipinski definition) is 1. The average Bonchev–Trinajstić information content (AvgIpc) is 2.49. The molecule has 0 fully saturated rings. The van der Waals surface area contributed by atoms with Crippen LogP contribution in [0.4, 0.5) is 4.39 Å². The van der Waals surface area contributed by atoms with Crippen LogP contribution in [0.3, 0.4) is 0 Å². The average molecular weight is 286 g/mol. The Morgan fingerprint density at radius 2 is 1.62 bits per heavy atom. The van der Waals surface area contributed by atoms with Crippen LogP contribution < -0.4 is 5.73 Å². The summed E-state index contributed by atoms with van der Waals surface area (Å²) in [6, 6.07) is 12.4. The third-order valence-electron chi connectivity index (χ3n) is 3.13. The highest BCUT2D eigenvalue weighted by molar-refractivity contribution is 5.97. The monoisotopic (exact) mass is 286 g/mol. The molecule has 0 saturated heterocycles. The number of benzene rings is 2. The number of carbonyl (C=O) groups excluding carboxylic acids is 2. The highest BCUT2D eigenvalue weighted by atomic mass is 19.1. The zero-order valence-corrected chi connectivity index (χ0v) is 11.5. The lowest BCUT2D eigenvalue weighted by molar-refractivity contribution is 0.0783.